The van der Waals surface area contributed by atoms with Crippen LogP contribution in [0.2, 0.25) is 5.02 Å². The van der Waals surface area contributed by atoms with Gasteiger partial charge in [-0.25, -0.2) is 0 Å². The lowest BCUT2D eigenvalue weighted by Gasteiger charge is -2.21. The van der Waals surface area contributed by atoms with E-state index in [1.54, 1.807) is 22.7 Å². The van der Waals surface area contributed by atoms with Gasteiger partial charge in [-0.15, -0.1) is 0 Å². The minimum absolute atomic E-state index is 0.185. The SMILES string of the molecule is Cc1ccc(Cl)cc1N(C)C(=O)c1nn(C)c2c1COc1ccccc1-2. The van der Waals surface area contributed by atoms with Crippen molar-refractivity contribution < 1.29 is 9.53 Å². The Hall–Kier alpha value is -2.79. The van der Waals surface area contributed by atoms with Crippen molar-refractivity contribution in [1.82, 2.24) is 9.78 Å². The van der Waals surface area contributed by atoms with Gasteiger partial charge in [-0.1, -0.05) is 29.8 Å². The summed E-state index contributed by atoms with van der Waals surface area (Å²) in [6.07, 6.45) is 0. The smallest absolute Gasteiger partial charge is 0.278 e. The zero-order valence-electron chi connectivity index (χ0n) is 14.8. The van der Waals surface area contributed by atoms with Gasteiger partial charge in [0.05, 0.1) is 5.69 Å². The van der Waals surface area contributed by atoms with Gasteiger partial charge in [-0.05, 0) is 36.8 Å². The molecule has 1 aliphatic rings. The first-order chi connectivity index (χ1) is 12.5. The quantitative estimate of drug-likeness (QED) is 0.681. The molecule has 26 heavy (non-hydrogen) atoms. The molecule has 0 N–H and O–H groups in total. The van der Waals surface area contributed by atoms with E-state index >= 15 is 0 Å². The summed E-state index contributed by atoms with van der Waals surface area (Å²) in [5.74, 6) is 0.622. The Morgan fingerprint density at radius 1 is 1.27 bits per heavy atom. The van der Waals surface area contributed by atoms with Gasteiger partial charge in [0.2, 0.25) is 0 Å². The van der Waals surface area contributed by atoms with Crippen LogP contribution >= 0.6 is 11.6 Å². The molecule has 0 spiro atoms. The second-order valence-electron chi connectivity index (χ2n) is 6.38. The number of hydrogen-bond acceptors (Lipinski definition) is 3. The highest BCUT2D eigenvalue weighted by Crippen LogP contribution is 2.38. The Labute approximate surface area is 156 Å². The number of hydrogen-bond donors (Lipinski definition) is 0. The predicted molar refractivity (Wildman–Crippen MR) is 102 cm³/mol. The number of ether oxygens (including phenoxy) is 1. The number of para-hydroxylation sites is 1. The molecule has 0 saturated heterocycles. The molecule has 0 fully saturated rings. The second kappa shape index (κ2) is 6.18. The molecule has 3 aromatic rings. The molecule has 1 amide bonds. The fraction of sp³-hybridized carbons (Fsp3) is 0.200. The summed E-state index contributed by atoms with van der Waals surface area (Å²) in [6, 6.07) is 13.3. The fourth-order valence-corrected chi connectivity index (χ4v) is 3.53. The van der Waals surface area contributed by atoms with Crippen molar-refractivity contribution in [1.29, 1.82) is 0 Å². The van der Waals surface area contributed by atoms with Gasteiger partial charge in [0.1, 0.15) is 12.4 Å². The molecule has 0 bridgehead atoms. The largest absolute Gasteiger partial charge is 0.488 e. The van der Waals surface area contributed by atoms with E-state index in [4.69, 9.17) is 16.3 Å². The summed E-state index contributed by atoms with van der Waals surface area (Å²) < 4.78 is 7.59. The van der Waals surface area contributed by atoms with Crippen LogP contribution in [0.25, 0.3) is 11.3 Å². The Morgan fingerprint density at radius 2 is 2.04 bits per heavy atom. The average molecular weight is 368 g/mol. The van der Waals surface area contributed by atoms with Crippen molar-refractivity contribution >= 4 is 23.2 Å². The van der Waals surface area contributed by atoms with E-state index in [-0.39, 0.29) is 5.91 Å². The molecule has 0 saturated carbocycles. The molecule has 0 unspecified atom stereocenters. The lowest BCUT2D eigenvalue weighted by atomic mass is 10.0. The third-order valence-corrected chi connectivity index (χ3v) is 4.93. The number of carbonyl (C=O) groups is 1. The normalized spacial score (nSPS) is 12.2. The van der Waals surface area contributed by atoms with Crippen LogP contribution in [-0.4, -0.2) is 22.7 Å². The predicted octanol–water partition coefficient (Wildman–Crippen LogP) is 4.22. The standard InChI is InChI=1S/C20H18ClN3O2/c1-12-8-9-13(21)10-16(12)23(2)20(25)18-15-11-26-17-7-5-4-6-14(17)19(15)24(3)22-18/h4-10H,11H2,1-3H3. The molecule has 6 heteroatoms. The summed E-state index contributed by atoms with van der Waals surface area (Å²) in [6.45, 7) is 2.27. The van der Waals surface area contributed by atoms with Crippen LogP contribution in [0.15, 0.2) is 42.5 Å². The van der Waals surface area contributed by atoms with E-state index in [1.807, 2.05) is 50.4 Å². The van der Waals surface area contributed by atoms with Crippen molar-refractivity contribution in [2.45, 2.75) is 13.5 Å². The van der Waals surface area contributed by atoms with Crippen molar-refractivity contribution in [2.75, 3.05) is 11.9 Å². The van der Waals surface area contributed by atoms with E-state index < -0.39 is 0 Å². The van der Waals surface area contributed by atoms with Gasteiger partial charge >= 0.3 is 0 Å². The molecule has 1 aromatic heterocycles. The summed E-state index contributed by atoms with van der Waals surface area (Å²) in [7, 11) is 3.59. The van der Waals surface area contributed by atoms with E-state index in [0.717, 1.165) is 33.8 Å². The fourth-order valence-electron chi connectivity index (χ4n) is 3.36. The lowest BCUT2D eigenvalue weighted by Crippen LogP contribution is -2.28. The summed E-state index contributed by atoms with van der Waals surface area (Å²) in [5, 5.41) is 5.09. The topological polar surface area (TPSA) is 47.4 Å². The molecule has 1 aliphatic heterocycles. The number of aryl methyl sites for hydroxylation is 2. The van der Waals surface area contributed by atoms with Crippen molar-refractivity contribution in [3.8, 4) is 17.0 Å². The Kier molecular flexibility index (Phi) is 3.96. The monoisotopic (exact) mass is 367 g/mol. The van der Waals surface area contributed by atoms with Crippen LogP contribution in [0.5, 0.6) is 5.75 Å². The first kappa shape index (κ1) is 16.7. The highest BCUT2D eigenvalue weighted by Gasteiger charge is 2.30. The number of benzene rings is 2. The number of nitrogens with zero attached hydrogens (tertiary/aromatic N) is 3. The van der Waals surface area contributed by atoms with Crippen molar-refractivity contribution in [3.05, 3.63) is 64.3 Å². The average Bonchev–Trinajstić information content (AvgIpc) is 2.99. The van der Waals surface area contributed by atoms with Gasteiger partial charge < -0.3 is 9.64 Å². The third-order valence-electron chi connectivity index (χ3n) is 4.70. The van der Waals surface area contributed by atoms with Crippen LogP contribution < -0.4 is 9.64 Å². The number of anilines is 1. The van der Waals surface area contributed by atoms with E-state index in [0.29, 0.717) is 17.3 Å². The molecular formula is C20H18ClN3O2. The van der Waals surface area contributed by atoms with Crippen LogP contribution in [0.3, 0.4) is 0 Å². The first-order valence-electron chi connectivity index (χ1n) is 8.29. The Balaban J connectivity index is 1.78. The summed E-state index contributed by atoms with van der Waals surface area (Å²) >= 11 is 6.11. The summed E-state index contributed by atoms with van der Waals surface area (Å²) in [4.78, 5) is 14.7. The zero-order valence-corrected chi connectivity index (χ0v) is 15.5. The number of carbonyl (C=O) groups excluding carboxylic acids is 1. The maximum atomic E-state index is 13.2. The number of amides is 1. The molecule has 0 radical (unpaired) electrons. The Morgan fingerprint density at radius 3 is 2.85 bits per heavy atom. The van der Waals surface area contributed by atoms with Crippen LogP contribution in [0.4, 0.5) is 5.69 Å². The third kappa shape index (κ3) is 2.56. The van der Waals surface area contributed by atoms with Gasteiger partial charge in [0, 0.05) is 35.9 Å². The highest BCUT2D eigenvalue weighted by molar-refractivity contribution is 6.31. The maximum Gasteiger partial charge on any atom is 0.278 e. The first-order valence-corrected chi connectivity index (χ1v) is 8.67. The number of fused-ring (bicyclic) bond motifs is 3. The molecule has 5 nitrogen and oxygen atoms in total. The highest BCUT2D eigenvalue weighted by atomic mass is 35.5. The Bertz CT molecular complexity index is 1030. The molecule has 0 aliphatic carbocycles. The van der Waals surface area contributed by atoms with Gasteiger partial charge in [-0.2, -0.15) is 5.10 Å². The molecule has 132 valence electrons. The minimum atomic E-state index is -0.185. The molecular weight excluding hydrogens is 350 g/mol. The van der Waals surface area contributed by atoms with Gasteiger partial charge in [0.25, 0.3) is 5.91 Å². The lowest BCUT2D eigenvalue weighted by molar-refractivity contribution is 0.0985. The maximum absolute atomic E-state index is 13.2. The molecule has 2 aromatic carbocycles. The van der Waals surface area contributed by atoms with Crippen molar-refractivity contribution in [2.24, 2.45) is 7.05 Å². The molecule has 4 rings (SSSR count). The number of rotatable bonds is 2. The summed E-state index contributed by atoms with van der Waals surface area (Å²) in [5.41, 5.74) is 4.81. The minimum Gasteiger partial charge on any atom is -0.488 e. The molecule has 0 atom stereocenters. The number of aromatic nitrogens is 2. The van der Waals surface area contributed by atoms with Crippen LogP contribution in [0.1, 0.15) is 21.6 Å². The van der Waals surface area contributed by atoms with Crippen molar-refractivity contribution in [3.63, 3.8) is 0 Å². The zero-order chi connectivity index (χ0) is 18.4. The van der Waals surface area contributed by atoms with Crippen LogP contribution in [-0.2, 0) is 13.7 Å². The van der Waals surface area contributed by atoms with Gasteiger partial charge in [0.15, 0.2) is 5.69 Å². The number of halogens is 1. The van der Waals surface area contributed by atoms with Gasteiger partial charge in [-0.3, -0.25) is 9.48 Å². The van der Waals surface area contributed by atoms with E-state index in [2.05, 4.69) is 5.10 Å². The van der Waals surface area contributed by atoms with Crippen LogP contribution in [0, 0.1) is 6.92 Å². The molecule has 2 heterocycles. The van der Waals surface area contributed by atoms with E-state index in [9.17, 15) is 4.79 Å². The van der Waals surface area contributed by atoms with E-state index in [1.165, 1.54) is 0 Å². The second-order valence-corrected chi connectivity index (χ2v) is 6.82.